The molecule has 2 aromatic carbocycles. The number of nitrogens with zero attached hydrogens (tertiary/aromatic N) is 2. The summed E-state index contributed by atoms with van der Waals surface area (Å²) in [7, 11) is 2.10. The molecule has 126 valence electrons. The van der Waals surface area contributed by atoms with Gasteiger partial charge in [-0.2, -0.15) is 0 Å². The number of likely N-dealkylation sites (N-methyl/N-ethyl adjacent to an activating group) is 1. The molecule has 1 heterocycles. The second-order valence-corrected chi connectivity index (χ2v) is 6.30. The van der Waals surface area contributed by atoms with Crippen molar-refractivity contribution in [3.63, 3.8) is 0 Å². The fourth-order valence-corrected chi connectivity index (χ4v) is 3.03. The van der Waals surface area contributed by atoms with Gasteiger partial charge in [-0.1, -0.05) is 23.7 Å². The van der Waals surface area contributed by atoms with E-state index >= 15 is 0 Å². The van der Waals surface area contributed by atoms with Crippen LogP contribution in [0.2, 0.25) is 5.02 Å². The summed E-state index contributed by atoms with van der Waals surface area (Å²) in [6, 6.07) is 11.3. The van der Waals surface area contributed by atoms with E-state index in [0.717, 1.165) is 31.9 Å². The molecule has 0 aliphatic carbocycles. The Balaban J connectivity index is 1.73. The maximum Gasteiger partial charge on any atom is 0.258 e. The Kier molecular flexibility index (Phi) is 5.02. The maximum atomic E-state index is 13.7. The van der Waals surface area contributed by atoms with Crippen molar-refractivity contribution < 1.29 is 9.18 Å². The molecule has 1 saturated heterocycles. The average Bonchev–Trinajstić information content (AvgIpc) is 2.56. The normalized spacial score (nSPS) is 15.4. The quantitative estimate of drug-likeness (QED) is 0.923. The standard InChI is InChI=1S/C18H19ClFN3O/c1-22-8-10-23(11-9-22)17-7-6-13(12-15(17)19)21-18(24)14-4-2-3-5-16(14)20/h2-7,12H,8-11H2,1H3,(H,21,24). The first kappa shape index (κ1) is 16.7. The van der Waals surface area contributed by atoms with Gasteiger partial charge in [0, 0.05) is 31.9 Å². The van der Waals surface area contributed by atoms with Gasteiger partial charge in [-0.15, -0.1) is 0 Å². The Labute approximate surface area is 145 Å². The second kappa shape index (κ2) is 7.20. The number of piperazine rings is 1. The highest BCUT2D eigenvalue weighted by Gasteiger charge is 2.17. The van der Waals surface area contributed by atoms with Crippen molar-refractivity contribution in [2.75, 3.05) is 43.4 Å². The number of rotatable bonds is 3. The highest BCUT2D eigenvalue weighted by molar-refractivity contribution is 6.33. The van der Waals surface area contributed by atoms with Crippen LogP contribution in [0.4, 0.5) is 15.8 Å². The Morgan fingerprint density at radius 2 is 1.83 bits per heavy atom. The van der Waals surface area contributed by atoms with Crippen molar-refractivity contribution in [2.24, 2.45) is 0 Å². The zero-order chi connectivity index (χ0) is 17.1. The van der Waals surface area contributed by atoms with E-state index in [-0.39, 0.29) is 5.56 Å². The van der Waals surface area contributed by atoms with Gasteiger partial charge < -0.3 is 15.1 Å². The Morgan fingerprint density at radius 1 is 1.12 bits per heavy atom. The van der Waals surface area contributed by atoms with Crippen LogP contribution >= 0.6 is 11.6 Å². The molecule has 1 aliphatic rings. The monoisotopic (exact) mass is 347 g/mol. The molecule has 2 aromatic rings. The molecular formula is C18H19ClFN3O. The lowest BCUT2D eigenvalue weighted by Gasteiger charge is -2.34. The first-order valence-corrected chi connectivity index (χ1v) is 8.21. The van der Waals surface area contributed by atoms with Crippen LogP contribution in [0.3, 0.4) is 0 Å². The van der Waals surface area contributed by atoms with E-state index in [1.54, 1.807) is 24.3 Å². The molecule has 0 aromatic heterocycles. The lowest BCUT2D eigenvalue weighted by atomic mass is 10.2. The van der Waals surface area contributed by atoms with Gasteiger partial charge in [0.05, 0.1) is 16.3 Å². The first-order valence-electron chi connectivity index (χ1n) is 7.83. The predicted molar refractivity (Wildman–Crippen MR) is 95.5 cm³/mol. The minimum absolute atomic E-state index is 0.0109. The molecule has 1 aliphatic heterocycles. The van der Waals surface area contributed by atoms with Crippen molar-refractivity contribution in [2.45, 2.75) is 0 Å². The molecule has 3 rings (SSSR count). The first-order chi connectivity index (χ1) is 11.5. The van der Waals surface area contributed by atoms with Crippen LogP contribution in [0.15, 0.2) is 42.5 Å². The minimum atomic E-state index is -0.546. The molecule has 0 spiro atoms. The van der Waals surface area contributed by atoms with Gasteiger partial charge in [0.25, 0.3) is 5.91 Å². The molecule has 1 amide bonds. The smallest absolute Gasteiger partial charge is 0.258 e. The van der Waals surface area contributed by atoms with Crippen LogP contribution in [0.1, 0.15) is 10.4 Å². The molecular weight excluding hydrogens is 329 g/mol. The lowest BCUT2D eigenvalue weighted by molar-refractivity contribution is 0.102. The van der Waals surface area contributed by atoms with Crippen molar-refractivity contribution in [3.8, 4) is 0 Å². The van der Waals surface area contributed by atoms with Crippen molar-refractivity contribution in [1.29, 1.82) is 0 Å². The average molecular weight is 348 g/mol. The van der Waals surface area contributed by atoms with Crippen LogP contribution in [-0.4, -0.2) is 44.0 Å². The third kappa shape index (κ3) is 3.68. The van der Waals surface area contributed by atoms with Crippen LogP contribution in [0.25, 0.3) is 0 Å². The molecule has 4 nitrogen and oxygen atoms in total. The Bertz CT molecular complexity index is 745. The summed E-state index contributed by atoms with van der Waals surface area (Å²) < 4.78 is 13.7. The number of amides is 1. The summed E-state index contributed by atoms with van der Waals surface area (Å²) in [5.41, 5.74) is 1.51. The summed E-state index contributed by atoms with van der Waals surface area (Å²) in [6.07, 6.45) is 0. The fraction of sp³-hybridized carbons (Fsp3) is 0.278. The largest absolute Gasteiger partial charge is 0.368 e. The van der Waals surface area contributed by atoms with Gasteiger partial charge >= 0.3 is 0 Å². The number of carbonyl (C=O) groups excluding carboxylic acids is 1. The maximum absolute atomic E-state index is 13.7. The van der Waals surface area contributed by atoms with Gasteiger partial charge in [-0.25, -0.2) is 4.39 Å². The zero-order valence-electron chi connectivity index (χ0n) is 13.4. The summed E-state index contributed by atoms with van der Waals surface area (Å²) >= 11 is 6.38. The van der Waals surface area contributed by atoms with E-state index in [1.807, 2.05) is 6.07 Å². The third-order valence-electron chi connectivity index (χ3n) is 4.17. The number of hydrogen-bond donors (Lipinski definition) is 1. The molecule has 6 heteroatoms. The number of carbonyl (C=O) groups is 1. The van der Waals surface area contributed by atoms with Crippen molar-refractivity contribution >= 4 is 28.9 Å². The summed E-state index contributed by atoms with van der Waals surface area (Å²) in [6.45, 7) is 3.80. The van der Waals surface area contributed by atoms with E-state index in [4.69, 9.17) is 11.6 Å². The molecule has 24 heavy (non-hydrogen) atoms. The van der Waals surface area contributed by atoms with Crippen LogP contribution in [0, 0.1) is 5.82 Å². The van der Waals surface area contributed by atoms with Gasteiger partial charge in [-0.3, -0.25) is 4.79 Å². The van der Waals surface area contributed by atoms with E-state index in [2.05, 4.69) is 22.2 Å². The number of anilines is 2. The van der Waals surface area contributed by atoms with Gasteiger partial charge in [0.2, 0.25) is 0 Å². The fourth-order valence-electron chi connectivity index (χ4n) is 2.73. The van der Waals surface area contributed by atoms with E-state index < -0.39 is 11.7 Å². The highest BCUT2D eigenvalue weighted by Crippen LogP contribution is 2.29. The van der Waals surface area contributed by atoms with Gasteiger partial charge in [0.1, 0.15) is 5.82 Å². The predicted octanol–water partition coefficient (Wildman–Crippen LogP) is 3.48. The van der Waals surface area contributed by atoms with E-state index in [9.17, 15) is 9.18 Å². The third-order valence-corrected chi connectivity index (χ3v) is 4.47. The molecule has 0 radical (unpaired) electrons. The molecule has 0 bridgehead atoms. The van der Waals surface area contributed by atoms with Gasteiger partial charge in [0.15, 0.2) is 0 Å². The van der Waals surface area contributed by atoms with Gasteiger partial charge in [-0.05, 0) is 37.4 Å². The van der Waals surface area contributed by atoms with Crippen molar-refractivity contribution in [1.82, 2.24) is 4.90 Å². The molecule has 1 fully saturated rings. The molecule has 1 N–H and O–H groups in total. The van der Waals surface area contributed by atoms with E-state index in [0.29, 0.717) is 10.7 Å². The van der Waals surface area contributed by atoms with E-state index in [1.165, 1.54) is 12.1 Å². The lowest BCUT2D eigenvalue weighted by Crippen LogP contribution is -2.44. The van der Waals surface area contributed by atoms with Crippen molar-refractivity contribution in [3.05, 3.63) is 58.9 Å². The zero-order valence-corrected chi connectivity index (χ0v) is 14.2. The molecule has 0 atom stereocenters. The molecule has 0 saturated carbocycles. The Morgan fingerprint density at radius 3 is 2.50 bits per heavy atom. The van der Waals surface area contributed by atoms with Crippen LogP contribution in [-0.2, 0) is 0 Å². The summed E-state index contributed by atoms with van der Waals surface area (Å²) in [5.74, 6) is -1.04. The second-order valence-electron chi connectivity index (χ2n) is 5.89. The minimum Gasteiger partial charge on any atom is -0.368 e. The summed E-state index contributed by atoms with van der Waals surface area (Å²) in [4.78, 5) is 16.7. The highest BCUT2D eigenvalue weighted by atomic mass is 35.5. The number of benzene rings is 2. The SMILES string of the molecule is CN1CCN(c2ccc(NC(=O)c3ccccc3F)cc2Cl)CC1. The van der Waals surface area contributed by atoms with Crippen LogP contribution in [0.5, 0.6) is 0 Å². The summed E-state index contributed by atoms with van der Waals surface area (Å²) in [5, 5.41) is 3.26. The number of nitrogens with one attached hydrogen (secondary N) is 1. The Hall–Kier alpha value is -2.11. The number of halogens is 2. The number of hydrogen-bond acceptors (Lipinski definition) is 3. The topological polar surface area (TPSA) is 35.6 Å². The molecule has 0 unspecified atom stereocenters. The van der Waals surface area contributed by atoms with Crippen LogP contribution < -0.4 is 10.2 Å².